The van der Waals surface area contributed by atoms with Gasteiger partial charge in [-0.05, 0) is 38.5 Å². The molecule has 0 aromatic carbocycles. The quantitative estimate of drug-likeness (QED) is 0.902. The molecule has 2 rings (SSSR count). The first-order valence-electron chi connectivity index (χ1n) is 7.35. The van der Waals surface area contributed by atoms with Crippen LogP contribution in [0.3, 0.4) is 0 Å². The number of aromatic nitrogens is 2. The van der Waals surface area contributed by atoms with Crippen LogP contribution in [0.4, 0.5) is 5.95 Å². The van der Waals surface area contributed by atoms with Crippen LogP contribution >= 0.6 is 0 Å². The first-order valence-corrected chi connectivity index (χ1v) is 7.35. The number of nitrogens with zero attached hydrogens (tertiary/aromatic N) is 4. The number of hydrogen-bond donors (Lipinski definition) is 1. The van der Waals surface area contributed by atoms with Gasteiger partial charge in [-0.15, -0.1) is 0 Å². The predicted molar refractivity (Wildman–Crippen MR) is 78.0 cm³/mol. The van der Waals surface area contributed by atoms with E-state index in [4.69, 9.17) is 4.52 Å². The van der Waals surface area contributed by atoms with Gasteiger partial charge in [-0.3, -0.25) is 0 Å². The lowest BCUT2D eigenvalue weighted by molar-refractivity contribution is 0.00536. The molecule has 1 saturated heterocycles. The van der Waals surface area contributed by atoms with Crippen LogP contribution in [0.25, 0.3) is 0 Å². The summed E-state index contributed by atoms with van der Waals surface area (Å²) in [6, 6.07) is 0. The van der Waals surface area contributed by atoms with Gasteiger partial charge in [-0.1, -0.05) is 13.8 Å². The van der Waals surface area contributed by atoms with Crippen molar-refractivity contribution in [3.05, 3.63) is 5.89 Å². The van der Waals surface area contributed by atoms with Crippen LogP contribution in [0.5, 0.6) is 0 Å². The van der Waals surface area contributed by atoms with E-state index >= 15 is 0 Å². The molecule has 0 saturated carbocycles. The van der Waals surface area contributed by atoms with Crippen molar-refractivity contribution in [3.8, 4) is 0 Å². The molecule has 6 nitrogen and oxygen atoms in total. The van der Waals surface area contributed by atoms with E-state index in [1.165, 1.54) is 0 Å². The fraction of sp³-hybridized carbons (Fsp3) is 0.857. The molecule has 6 heteroatoms. The summed E-state index contributed by atoms with van der Waals surface area (Å²) in [4.78, 5) is 8.60. The molecule has 1 fully saturated rings. The van der Waals surface area contributed by atoms with Crippen LogP contribution in [0.1, 0.15) is 44.9 Å². The van der Waals surface area contributed by atoms with Crippen molar-refractivity contribution in [1.82, 2.24) is 15.0 Å². The smallest absolute Gasteiger partial charge is 0.266 e. The maximum Gasteiger partial charge on any atom is 0.266 e. The topological polar surface area (TPSA) is 65.6 Å². The summed E-state index contributed by atoms with van der Waals surface area (Å²) in [5.41, 5.74) is -0.608. The second-order valence-corrected chi connectivity index (χ2v) is 6.39. The highest BCUT2D eigenvalue weighted by molar-refractivity contribution is 5.28. The van der Waals surface area contributed by atoms with Crippen LogP contribution in [0, 0.1) is 0 Å². The molecule has 0 unspecified atom stereocenters. The van der Waals surface area contributed by atoms with E-state index in [0.29, 0.717) is 18.4 Å². The molecule has 1 aromatic rings. The summed E-state index contributed by atoms with van der Waals surface area (Å²) in [7, 11) is 3.99. The highest BCUT2D eigenvalue weighted by Crippen LogP contribution is 2.25. The second-order valence-electron chi connectivity index (χ2n) is 6.39. The molecular formula is C14H26N4O2. The maximum atomic E-state index is 10.6. The summed E-state index contributed by atoms with van der Waals surface area (Å²) in [5, 5.41) is 14.7. The van der Waals surface area contributed by atoms with Gasteiger partial charge in [0.05, 0.1) is 5.60 Å². The summed E-state index contributed by atoms with van der Waals surface area (Å²) in [6.07, 6.45) is 2.49. The lowest BCUT2D eigenvalue weighted by atomic mass is 9.94. The van der Waals surface area contributed by atoms with Gasteiger partial charge in [0.15, 0.2) is 0 Å². The Morgan fingerprint density at radius 2 is 2.10 bits per heavy atom. The Hall–Kier alpha value is -1.14. The highest BCUT2D eigenvalue weighted by atomic mass is 16.5. The van der Waals surface area contributed by atoms with Crippen molar-refractivity contribution in [1.29, 1.82) is 0 Å². The van der Waals surface area contributed by atoms with Crippen molar-refractivity contribution in [3.63, 3.8) is 0 Å². The molecule has 0 radical (unpaired) electrons. The van der Waals surface area contributed by atoms with Gasteiger partial charge in [0, 0.05) is 25.6 Å². The van der Waals surface area contributed by atoms with Crippen molar-refractivity contribution < 1.29 is 9.63 Å². The van der Waals surface area contributed by atoms with Gasteiger partial charge in [0.25, 0.3) is 5.95 Å². The SMILES string of the molecule is CC(C)c1nc(N2CCC[C@@](O)(CN(C)C)CC2)no1. The van der Waals surface area contributed by atoms with Crippen molar-refractivity contribution in [2.24, 2.45) is 0 Å². The lowest BCUT2D eigenvalue weighted by Gasteiger charge is -2.29. The molecule has 1 aromatic heterocycles. The van der Waals surface area contributed by atoms with Crippen LogP contribution in [-0.2, 0) is 0 Å². The summed E-state index contributed by atoms with van der Waals surface area (Å²) in [6.45, 7) is 6.41. The first kappa shape index (κ1) is 15.3. The Bertz CT molecular complexity index is 433. The molecule has 20 heavy (non-hydrogen) atoms. The molecule has 2 heterocycles. The number of rotatable bonds is 4. The monoisotopic (exact) mass is 282 g/mol. The van der Waals surface area contributed by atoms with Gasteiger partial charge < -0.3 is 19.4 Å². The number of aliphatic hydroxyl groups is 1. The fourth-order valence-corrected chi connectivity index (χ4v) is 2.72. The summed E-state index contributed by atoms with van der Waals surface area (Å²) >= 11 is 0. The van der Waals surface area contributed by atoms with Crippen molar-refractivity contribution >= 4 is 5.95 Å². The zero-order valence-electron chi connectivity index (χ0n) is 13.0. The maximum absolute atomic E-state index is 10.6. The molecule has 1 aliphatic rings. The van der Waals surface area contributed by atoms with E-state index in [1.807, 2.05) is 32.8 Å². The van der Waals surface area contributed by atoms with Gasteiger partial charge in [-0.25, -0.2) is 0 Å². The third-order valence-electron chi connectivity index (χ3n) is 3.74. The van der Waals surface area contributed by atoms with Crippen molar-refractivity contribution in [2.75, 3.05) is 38.6 Å². The fourth-order valence-electron chi connectivity index (χ4n) is 2.72. The average Bonchev–Trinajstić information content (AvgIpc) is 2.75. The minimum atomic E-state index is -0.608. The van der Waals surface area contributed by atoms with E-state index < -0.39 is 5.60 Å². The molecule has 1 aliphatic heterocycles. The Kier molecular flexibility index (Phi) is 4.65. The molecule has 1 N–H and O–H groups in total. The molecule has 0 bridgehead atoms. The molecule has 1 atom stereocenters. The van der Waals surface area contributed by atoms with Gasteiger partial charge >= 0.3 is 0 Å². The zero-order chi connectivity index (χ0) is 14.8. The van der Waals surface area contributed by atoms with Gasteiger partial charge in [-0.2, -0.15) is 4.98 Å². The van der Waals surface area contributed by atoms with E-state index in [-0.39, 0.29) is 5.92 Å². The Morgan fingerprint density at radius 3 is 2.70 bits per heavy atom. The third kappa shape index (κ3) is 3.70. The Balaban J connectivity index is 2.01. The highest BCUT2D eigenvalue weighted by Gasteiger charge is 2.31. The number of anilines is 1. The van der Waals surface area contributed by atoms with Crippen LogP contribution in [0.15, 0.2) is 4.52 Å². The van der Waals surface area contributed by atoms with E-state index in [9.17, 15) is 5.11 Å². The molecule has 0 spiro atoms. The van der Waals surface area contributed by atoms with Crippen LogP contribution < -0.4 is 4.90 Å². The van der Waals surface area contributed by atoms with Gasteiger partial charge in [0.1, 0.15) is 0 Å². The standard InChI is InChI=1S/C14H26N4O2/c1-11(2)12-15-13(16-20-12)18-8-5-6-14(19,7-9-18)10-17(3)4/h11,19H,5-10H2,1-4H3/t14-/m0/s1. The van der Waals surface area contributed by atoms with E-state index in [1.54, 1.807) is 0 Å². The molecule has 0 aliphatic carbocycles. The summed E-state index contributed by atoms with van der Waals surface area (Å²) in [5.74, 6) is 1.57. The Morgan fingerprint density at radius 1 is 1.35 bits per heavy atom. The molecule has 114 valence electrons. The first-order chi connectivity index (χ1) is 9.39. The minimum Gasteiger partial charge on any atom is -0.388 e. The molecule has 0 amide bonds. The number of hydrogen-bond acceptors (Lipinski definition) is 6. The summed E-state index contributed by atoms with van der Waals surface area (Å²) < 4.78 is 5.26. The largest absolute Gasteiger partial charge is 0.388 e. The third-order valence-corrected chi connectivity index (χ3v) is 3.74. The second kappa shape index (κ2) is 6.10. The van der Waals surface area contributed by atoms with Crippen molar-refractivity contribution in [2.45, 2.75) is 44.6 Å². The number of likely N-dealkylation sites (N-methyl/N-ethyl adjacent to an activating group) is 1. The van der Waals surface area contributed by atoms with Gasteiger partial charge in [0.2, 0.25) is 5.89 Å². The Labute approximate surface area is 120 Å². The predicted octanol–water partition coefficient (Wildman–Crippen LogP) is 1.48. The van der Waals surface area contributed by atoms with E-state index in [0.717, 1.165) is 32.4 Å². The molecular weight excluding hydrogens is 256 g/mol. The van der Waals surface area contributed by atoms with E-state index in [2.05, 4.69) is 15.0 Å². The van der Waals surface area contributed by atoms with Crippen LogP contribution in [-0.4, -0.2) is 59.5 Å². The average molecular weight is 282 g/mol. The van der Waals surface area contributed by atoms with Crippen LogP contribution in [0.2, 0.25) is 0 Å². The lowest BCUT2D eigenvalue weighted by Crippen LogP contribution is -2.41. The zero-order valence-corrected chi connectivity index (χ0v) is 13.0. The minimum absolute atomic E-state index is 0.244. The normalized spacial score (nSPS) is 24.4.